The Kier molecular flexibility index (Phi) is 3.77. The first kappa shape index (κ1) is 11.8. The molecule has 2 aromatic rings. The molecular weight excluding hydrogens is 236 g/mol. The molecule has 3 heteroatoms. The molecule has 2 aromatic heterocycles. The lowest BCUT2D eigenvalue weighted by atomic mass is 9.99. The number of rotatable bonds is 5. The Morgan fingerprint density at radius 2 is 2.25 bits per heavy atom. The number of hydrogen-bond donors (Lipinski definition) is 0. The highest BCUT2D eigenvalue weighted by Gasteiger charge is 2.13. The predicted molar refractivity (Wildman–Crippen MR) is 72.7 cm³/mol. The summed E-state index contributed by atoms with van der Waals surface area (Å²) in [6.07, 6.45) is 3.00. The van der Waals surface area contributed by atoms with Crippen molar-refractivity contribution in [3.63, 3.8) is 0 Å². The minimum atomic E-state index is 0.314. The van der Waals surface area contributed by atoms with E-state index >= 15 is 0 Å². The summed E-state index contributed by atoms with van der Waals surface area (Å²) in [7, 11) is 0. The van der Waals surface area contributed by atoms with Gasteiger partial charge in [-0.3, -0.25) is 4.79 Å². The second-order valence-corrected chi connectivity index (χ2v) is 6.31. The zero-order chi connectivity index (χ0) is 11.5. The lowest BCUT2D eigenvalue weighted by molar-refractivity contribution is 0.0966. The molecule has 0 saturated carbocycles. The first-order chi connectivity index (χ1) is 7.70. The van der Waals surface area contributed by atoms with Crippen LogP contribution in [0.25, 0.3) is 9.40 Å². The number of ketones is 1. The first-order valence-electron chi connectivity index (χ1n) is 5.71. The average molecular weight is 252 g/mol. The van der Waals surface area contributed by atoms with Gasteiger partial charge in [-0.05, 0) is 23.4 Å². The largest absolute Gasteiger partial charge is 0.293 e. The van der Waals surface area contributed by atoms with E-state index < -0.39 is 0 Å². The highest BCUT2D eigenvalue weighted by atomic mass is 32.1. The van der Waals surface area contributed by atoms with Crippen molar-refractivity contribution >= 4 is 37.9 Å². The van der Waals surface area contributed by atoms with E-state index in [-0.39, 0.29) is 0 Å². The van der Waals surface area contributed by atoms with Crippen molar-refractivity contribution in [1.82, 2.24) is 0 Å². The Bertz CT molecular complexity index is 452. The van der Waals surface area contributed by atoms with Crippen molar-refractivity contribution in [3.05, 3.63) is 22.4 Å². The number of fused-ring (bicyclic) bond motifs is 1. The zero-order valence-electron chi connectivity index (χ0n) is 9.66. The summed E-state index contributed by atoms with van der Waals surface area (Å²) >= 11 is 3.35. The Morgan fingerprint density at radius 3 is 2.94 bits per heavy atom. The van der Waals surface area contributed by atoms with E-state index in [1.54, 1.807) is 22.7 Å². The maximum atomic E-state index is 12.0. The highest BCUT2D eigenvalue weighted by Crippen LogP contribution is 2.31. The maximum absolute atomic E-state index is 12.0. The van der Waals surface area contributed by atoms with E-state index in [9.17, 15) is 4.79 Å². The summed E-state index contributed by atoms with van der Waals surface area (Å²) in [5.41, 5.74) is 0. The van der Waals surface area contributed by atoms with Crippen molar-refractivity contribution in [1.29, 1.82) is 0 Å². The molecule has 0 spiro atoms. The van der Waals surface area contributed by atoms with Crippen molar-refractivity contribution in [3.8, 4) is 0 Å². The fourth-order valence-electron chi connectivity index (χ4n) is 1.92. The summed E-state index contributed by atoms with van der Waals surface area (Å²) < 4.78 is 2.49. The molecule has 1 nitrogen and oxygen atoms in total. The molecule has 0 radical (unpaired) electrons. The quantitative estimate of drug-likeness (QED) is 0.686. The molecule has 0 aromatic carbocycles. The van der Waals surface area contributed by atoms with Gasteiger partial charge in [-0.2, -0.15) is 0 Å². The van der Waals surface area contributed by atoms with Gasteiger partial charge in [0.05, 0.1) is 4.88 Å². The minimum Gasteiger partial charge on any atom is -0.293 e. The predicted octanol–water partition coefficient (Wildman–Crippen LogP) is 4.97. The highest BCUT2D eigenvalue weighted by molar-refractivity contribution is 7.27. The first-order valence-corrected chi connectivity index (χ1v) is 7.40. The number of carbonyl (C=O) groups excluding carboxylic acids is 1. The molecule has 0 aliphatic heterocycles. The molecule has 0 amide bonds. The summed E-state index contributed by atoms with van der Waals surface area (Å²) in [5, 5.41) is 2.08. The number of thiophene rings is 2. The molecule has 16 heavy (non-hydrogen) atoms. The molecule has 1 atom stereocenters. The Morgan fingerprint density at radius 1 is 1.44 bits per heavy atom. The normalized spacial score (nSPS) is 13.1. The number of Topliss-reactive ketones (excluding diaryl/α,β-unsaturated/α-hetero) is 1. The second-order valence-electron chi connectivity index (χ2n) is 4.28. The van der Waals surface area contributed by atoms with Crippen LogP contribution in [0.5, 0.6) is 0 Å². The molecule has 1 unspecified atom stereocenters. The Hall–Kier alpha value is -0.670. The van der Waals surface area contributed by atoms with Crippen LogP contribution in [0, 0.1) is 5.92 Å². The van der Waals surface area contributed by atoms with E-state index in [4.69, 9.17) is 0 Å². The van der Waals surface area contributed by atoms with E-state index in [1.165, 1.54) is 9.40 Å². The summed E-state index contributed by atoms with van der Waals surface area (Å²) in [4.78, 5) is 12.9. The fourth-order valence-corrected chi connectivity index (χ4v) is 3.97. The van der Waals surface area contributed by atoms with Crippen molar-refractivity contribution in [2.75, 3.05) is 0 Å². The standard InChI is InChI=1S/C13H16OS2/c1-3-4-9(2)7-10(14)12-8-13-11(16-12)5-6-15-13/h5-6,8-9H,3-4,7H2,1-2H3. The molecule has 0 N–H and O–H groups in total. The van der Waals surface area contributed by atoms with Crippen LogP contribution in [0.1, 0.15) is 42.8 Å². The van der Waals surface area contributed by atoms with Crippen molar-refractivity contribution in [2.45, 2.75) is 33.1 Å². The molecule has 2 heterocycles. The molecule has 86 valence electrons. The topological polar surface area (TPSA) is 17.1 Å². The molecule has 0 saturated heterocycles. The molecule has 0 aliphatic carbocycles. The van der Waals surface area contributed by atoms with Crippen LogP contribution in [0.4, 0.5) is 0 Å². The molecule has 0 bridgehead atoms. The molecule has 0 fully saturated rings. The third-order valence-corrected chi connectivity index (χ3v) is 4.86. The van der Waals surface area contributed by atoms with Gasteiger partial charge in [0.25, 0.3) is 0 Å². The van der Waals surface area contributed by atoms with Crippen LogP contribution in [0.3, 0.4) is 0 Å². The molecule has 2 rings (SSSR count). The lowest BCUT2D eigenvalue weighted by Crippen LogP contribution is -2.04. The molecule has 0 aliphatic rings. The van der Waals surface area contributed by atoms with E-state index in [1.807, 2.05) is 6.07 Å². The SMILES string of the molecule is CCCC(C)CC(=O)c1cc2sccc2s1. The van der Waals surface area contributed by atoms with Gasteiger partial charge in [-0.1, -0.05) is 26.7 Å². The van der Waals surface area contributed by atoms with Gasteiger partial charge >= 0.3 is 0 Å². The zero-order valence-corrected chi connectivity index (χ0v) is 11.3. The van der Waals surface area contributed by atoms with Crippen LogP contribution < -0.4 is 0 Å². The van der Waals surface area contributed by atoms with Crippen LogP contribution in [-0.2, 0) is 0 Å². The third kappa shape index (κ3) is 2.53. The summed E-state index contributed by atoms with van der Waals surface area (Å²) in [5.74, 6) is 0.826. The van der Waals surface area contributed by atoms with Crippen LogP contribution in [0.15, 0.2) is 17.5 Å². The Labute approximate surface area is 104 Å². The van der Waals surface area contributed by atoms with E-state index in [0.717, 1.165) is 17.7 Å². The average Bonchev–Trinajstić information content (AvgIpc) is 2.76. The van der Waals surface area contributed by atoms with E-state index in [2.05, 4.69) is 25.3 Å². The third-order valence-electron chi connectivity index (χ3n) is 2.73. The van der Waals surface area contributed by atoms with Crippen LogP contribution >= 0.6 is 22.7 Å². The maximum Gasteiger partial charge on any atom is 0.173 e. The van der Waals surface area contributed by atoms with E-state index in [0.29, 0.717) is 18.1 Å². The van der Waals surface area contributed by atoms with Crippen molar-refractivity contribution in [2.24, 2.45) is 5.92 Å². The smallest absolute Gasteiger partial charge is 0.173 e. The van der Waals surface area contributed by atoms with Crippen LogP contribution in [-0.4, -0.2) is 5.78 Å². The van der Waals surface area contributed by atoms with Gasteiger partial charge in [0.2, 0.25) is 0 Å². The molecular formula is C13H16OS2. The summed E-state index contributed by atoms with van der Waals surface area (Å²) in [6.45, 7) is 4.33. The van der Waals surface area contributed by atoms with Gasteiger partial charge in [-0.15, -0.1) is 22.7 Å². The number of carbonyl (C=O) groups is 1. The summed E-state index contributed by atoms with van der Waals surface area (Å²) in [6, 6.07) is 4.14. The van der Waals surface area contributed by atoms with Gasteiger partial charge < -0.3 is 0 Å². The van der Waals surface area contributed by atoms with Gasteiger partial charge in [0.15, 0.2) is 5.78 Å². The fraction of sp³-hybridized carbons (Fsp3) is 0.462. The van der Waals surface area contributed by atoms with Crippen molar-refractivity contribution < 1.29 is 4.79 Å². The number of hydrogen-bond acceptors (Lipinski definition) is 3. The van der Waals surface area contributed by atoms with Gasteiger partial charge in [0.1, 0.15) is 0 Å². The Balaban J connectivity index is 2.07. The van der Waals surface area contributed by atoms with Gasteiger partial charge in [-0.25, -0.2) is 0 Å². The monoisotopic (exact) mass is 252 g/mol. The van der Waals surface area contributed by atoms with Crippen LogP contribution in [0.2, 0.25) is 0 Å². The minimum absolute atomic E-state index is 0.314. The van der Waals surface area contributed by atoms with Gasteiger partial charge in [0, 0.05) is 15.8 Å². The second kappa shape index (κ2) is 5.11. The lowest BCUT2D eigenvalue weighted by Gasteiger charge is -2.07.